The van der Waals surface area contributed by atoms with Gasteiger partial charge in [0.2, 0.25) is 0 Å². The number of rotatable bonds is 2. The smallest absolute Gasteiger partial charge is 0.326 e. The first-order valence-electron chi connectivity index (χ1n) is 11.4. The van der Waals surface area contributed by atoms with Gasteiger partial charge in [0.15, 0.2) is 0 Å². The topological polar surface area (TPSA) is 98.6 Å². The van der Waals surface area contributed by atoms with Gasteiger partial charge in [-0.15, -0.1) is 0 Å². The molecule has 0 atom stereocenters. The number of carbonyl (C=O) groups is 2. The number of carbonyl (C=O) groups excluding carboxylic acids is 2. The molecule has 0 bridgehead atoms. The van der Waals surface area contributed by atoms with E-state index in [0.717, 1.165) is 29.7 Å². The minimum atomic E-state index is -0.377. The van der Waals surface area contributed by atoms with Gasteiger partial charge in [0, 0.05) is 47.7 Å². The van der Waals surface area contributed by atoms with Gasteiger partial charge in [0.05, 0.1) is 22.8 Å². The fraction of sp³-hybridized carbons (Fsp3) is 0.269. The monoisotopic (exact) mass is 456 g/mol. The number of hydrogen-bond donors (Lipinski definition) is 2. The Morgan fingerprint density at radius 1 is 0.941 bits per heavy atom. The van der Waals surface area contributed by atoms with Gasteiger partial charge < -0.3 is 15.0 Å². The maximum absolute atomic E-state index is 13.7. The predicted molar refractivity (Wildman–Crippen MR) is 131 cm³/mol. The molecule has 34 heavy (non-hydrogen) atoms. The van der Waals surface area contributed by atoms with Crippen LogP contribution in [0.1, 0.15) is 39.1 Å². The quantitative estimate of drug-likeness (QED) is 0.452. The summed E-state index contributed by atoms with van der Waals surface area (Å²) in [7, 11) is 1.65. The number of fused-ring (bicyclic) bond motifs is 1. The first-order valence-corrected chi connectivity index (χ1v) is 11.4. The SMILES string of the molecule is Cc1cc2[nH]c(=O)n(C)c2cc1N1C(=O)c2cccc3c(N4CCC(O)CC4)ccc(c23)C1=O. The molecule has 2 aliphatic heterocycles. The Morgan fingerprint density at radius 3 is 2.38 bits per heavy atom. The molecule has 0 radical (unpaired) electrons. The molecule has 0 saturated carbocycles. The first-order chi connectivity index (χ1) is 16.3. The molecule has 1 aromatic heterocycles. The Hall–Kier alpha value is -3.91. The molecule has 0 aliphatic carbocycles. The Morgan fingerprint density at radius 2 is 1.65 bits per heavy atom. The summed E-state index contributed by atoms with van der Waals surface area (Å²) in [6.07, 6.45) is 1.10. The minimum absolute atomic E-state index is 0.254. The van der Waals surface area contributed by atoms with E-state index in [1.165, 1.54) is 9.47 Å². The van der Waals surface area contributed by atoms with E-state index in [9.17, 15) is 19.5 Å². The zero-order chi connectivity index (χ0) is 23.7. The zero-order valence-electron chi connectivity index (χ0n) is 19.0. The molecule has 0 unspecified atom stereocenters. The van der Waals surface area contributed by atoms with Crippen LogP contribution in [0.4, 0.5) is 11.4 Å². The number of imidazole rings is 1. The summed E-state index contributed by atoms with van der Waals surface area (Å²) in [6, 6.07) is 12.8. The first kappa shape index (κ1) is 20.7. The van der Waals surface area contributed by atoms with E-state index in [2.05, 4.69) is 9.88 Å². The van der Waals surface area contributed by atoms with Crippen LogP contribution in [-0.4, -0.2) is 45.7 Å². The number of aromatic nitrogens is 2. The predicted octanol–water partition coefficient (Wildman–Crippen LogP) is 3.09. The second-order valence-corrected chi connectivity index (χ2v) is 9.17. The third kappa shape index (κ3) is 2.85. The van der Waals surface area contributed by atoms with Crippen molar-refractivity contribution >= 4 is 45.0 Å². The lowest BCUT2D eigenvalue weighted by Gasteiger charge is -2.34. The molecular weight excluding hydrogens is 432 g/mol. The number of nitrogens with zero attached hydrogens (tertiary/aromatic N) is 3. The summed E-state index contributed by atoms with van der Waals surface area (Å²) >= 11 is 0. The Balaban J connectivity index is 1.51. The number of aryl methyl sites for hydroxylation is 2. The Kier molecular flexibility index (Phi) is 4.44. The van der Waals surface area contributed by atoms with Crippen LogP contribution < -0.4 is 15.5 Å². The maximum Gasteiger partial charge on any atom is 0.326 e. The molecule has 4 aromatic rings. The minimum Gasteiger partial charge on any atom is -0.393 e. The number of amides is 2. The van der Waals surface area contributed by atoms with Crippen molar-refractivity contribution in [3.8, 4) is 0 Å². The van der Waals surface area contributed by atoms with Crippen molar-refractivity contribution < 1.29 is 14.7 Å². The van der Waals surface area contributed by atoms with Crippen molar-refractivity contribution in [2.24, 2.45) is 7.05 Å². The average Bonchev–Trinajstić information content (AvgIpc) is 3.10. The largest absolute Gasteiger partial charge is 0.393 e. The second kappa shape index (κ2) is 7.30. The molecule has 6 rings (SSSR count). The lowest BCUT2D eigenvalue weighted by atomic mass is 9.91. The Labute approximate surface area is 195 Å². The van der Waals surface area contributed by atoms with Gasteiger partial charge >= 0.3 is 5.69 Å². The van der Waals surface area contributed by atoms with Gasteiger partial charge in [-0.3, -0.25) is 14.2 Å². The molecule has 8 heteroatoms. The summed E-state index contributed by atoms with van der Waals surface area (Å²) in [5, 5.41) is 11.4. The molecule has 172 valence electrons. The zero-order valence-corrected chi connectivity index (χ0v) is 19.0. The fourth-order valence-corrected chi connectivity index (χ4v) is 5.29. The third-order valence-electron chi connectivity index (χ3n) is 7.15. The van der Waals surface area contributed by atoms with Crippen LogP contribution in [-0.2, 0) is 7.05 Å². The number of aromatic amines is 1. The van der Waals surface area contributed by atoms with Crippen LogP contribution in [0.5, 0.6) is 0 Å². The van der Waals surface area contributed by atoms with E-state index in [1.807, 2.05) is 25.1 Å². The van der Waals surface area contributed by atoms with Gasteiger partial charge in [-0.1, -0.05) is 12.1 Å². The number of anilines is 2. The van der Waals surface area contributed by atoms with Gasteiger partial charge in [0.25, 0.3) is 11.8 Å². The van der Waals surface area contributed by atoms with Crippen molar-refractivity contribution in [3.05, 3.63) is 69.6 Å². The summed E-state index contributed by atoms with van der Waals surface area (Å²) in [5.74, 6) is -0.755. The van der Waals surface area contributed by atoms with E-state index >= 15 is 0 Å². The number of piperidine rings is 1. The van der Waals surface area contributed by atoms with Crippen LogP contribution in [0.25, 0.3) is 21.8 Å². The highest BCUT2D eigenvalue weighted by molar-refractivity contribution is 6.36. The molecule has 1 saturated heterocycles. The number of H-pyrrole nitrogens is 1. The molecule has 1 fully saturated rings. The van der Waals surface area contributed by atoms with Crippen molar-refractivity contribution in [1.29, 1.82) is 0 Å². The summed E-state index contributed by atoms with van der Waals surface area (Å²) in [4.78, 5) is 45.7. The van der Waals surface area contributed by atoms with Crippen molar-refractivity contribution in [2.45, 2.75) is 25.9 Å². The number of nitrogens with one attached hydrogen (secondary N) is 1. The van der Waals surface area contributed by atoms with Gasteiger partial charge in [-0.2, -0.15) is 0 Å². The average molecular weight is 457 g/mol. The standard InChI is InChI=1S/C26H24N4O4/c1-14-12-19-22(28(2)26(34)27-19)13-21(14)30-24(32)17-5-3-4-16-20(29-10-8-15(31)9-11-29)7-6-18(23(16)17)25(30)33/h3-7,12-13,15,31H,8-11H2,1-2H3,(H,27,34). The van der Waals surface area contributed by atoms with Crippen LogP contribution in [0.3, 0.4) is 0 Å². The number of benzene rings is 3. The van der Waals surface area contributed by atoms with Crippen molar-refractivity contribution in [3.63, 3.8) is 0 Å². The molecule has 2 N–H and O–H groups in total. The second-order valence-electron chi connectivity index (χ2n) is 9.17. The molecule has 3 aromatic carbocycles. The van der Waals surface area contributed by atoms with E-state index in [0.29, 0.717) is 46.1 Å². The van der Waals surface area contributed by atoms with Crippen LogP contribution in [0.15, 0.2) is 47.3 Å². The van der Waals surface area contributed by atoms with Crippen LogP contribution in [0, 0.1) is 6.92 Å². The molecule has 0 spiro atoms. The van der Waals surface area contributed by atoms with E-state index in [4.69, 9.17) is 0 Å². The number of aliphatic hydroxyl groups excluding tert-OH is 1. The molecular formula is C26H24N4O4. The van der Waals surface area contributed by atoms with Crippen LogP contribution >= 0.6 is 0 Å². The molecule has 2 amide bonds. The number of imide groups is 1. The molecule has 8 nitrogen and oxygen atoms in total. The van der Waals surface area contributed by atoms with Crippen LogP contribution in [0.2, 0.25) is 0 Å². The fourth-order valence-electron chi connectivity index (χ4n) is 5.29. The normalized spacial score (nSPS) is 16.8. The van der Waals surface area contributed by atoms with Gasteiger partial charge in [-0.05, 0) is 55.7 Å². The summed E-state index contributed by atoms with van der Waals surface area (Å²) in [5.41, 5.74) is 4.14. The highest BCUT2D eigenvalue weighted by atomic mass is 16.3. The van der Waals surface area contributed by atoms with E-state index < -0.39 is 0 Å². The van der Waals surface area contributed by atoms with Crippen molar-refractivity contribution in [2.75, 3.05) is 22.9 Å². The van der Waals surface area contributed by atoms with Crippen molar-refractivity contribution in [1.82, 2.24) is 9.55 Å². The highest BCUT2D eigenvalue weighted by Gasteiger charge is 2.36. The lowest BCUT2D eigenvalue weighted by molar-refractivity contribution is 0.0893. The number of aliphatic hydroxyl groups is 1. The van der Waals surface area contributed by atoms with Gasteiger partial charge in [-0.25, -0.2) is 9.69 Å². The van der Waals surface area contributed by atoms with E-state index in [-0.39, 0.29) is 23.6 Å². The third-order valence-corrected chi connectivity index (χ3v) is 7.15. The van der Waals surface area contributed by atoms with Gasteiger partial charge in [0.1, 0.15) is 0 Å². The lowest BCUT2D eigenvalue weighted by Crippen LogP contribution is -2.41. The summed E-state index contributed by atoms with van der Waals surface area (Å²) < 4.78 is 1.47. The highest BCUT2D eigenvalue weighted by Crippen LogP contribution is 2.39. The maximum atomic E-state index is 13.7. The number of hydrogen-bond acceptors (Lipinski definition) is 5. The Bertz CT molecular complexity index is 1550. The molecule has 2 aliphatic rings. The summed E-state index contributed by atoms with van der Waals surface area (Å²) in [6.45, 7) is 3.27. The molecule has 3 heterocycles. The van der Waals surface area contributed by atoms with E-state index in [1.54, 1.807) is 31.3 Å².